The molecule has 34 heavy (non-hydrogen) atoms. The lowest BCUT2D eigenvalue weighted by Gasteiger charge is -2.23. The molecule has 0 bridgehead atoms. The molecule has 2 aromatic carbocycles. The van der Waals surface area contributed by atoms with Gasteiger partial charge in [0.1, 0.15) is 11.5 Å². The van der Waals surface area contributed by atoms with Crippen molar-refractivity contribution in [2.45, 2.75) is 27.2 Å². The van der Waals surface area contributed by atoms with E-state index in [1.54, 1.807) is 31.2 Å². The number of aryl methyl sites for hydroxylation is 1. The van der Waals surface area contributed by atoms with Gasteiger partial charge in [-0.1, -0.05) is 23.8 Å². The van der Waals surface area contributed by atoms with Crippen molar-refractivity contribution < 1.29 is 23.8 Å². The minimum Gasteiger partial charge on any atom is -0.493 e. The fourth-order valence-corrected chi connectivity index (χ4v) is 3.43. The maximum Gasteiger partial charge on any atom is 0.282 e. The van der Waals surface area contributed by atoms with Crippen molar-refractivity contribution in [1.29, 1.82) is 5.41 Å². The summed E-state index contributed by atoms with van der Waals surface area (Å²) in [6.07, 6.45) is 3.93. The molecule has 0 unspecified atom stereocenters. The zero-order valence-electron chi connectivity index (χ0n) is 19.5. The predicted octanol–water partition coefficient (Wildman–Crippen LogP) is 4.69. The molecule has 0 aliphatic carbocycles. The Balaban J connectivity index is 1.40. The zero-order valence-corrected chi connectivity index (χ0v) is 19.5. The van der Waals surface area contributed by atoms with E-state index in [0.29, 0.717) is 54.9 Å². The number of carbonyl (C=O) groups is 1. The number of hydroxylamine groups is 2. The maximum atomic E-state index is 12.5. The minimum atomic E-state index is -0.488. The Hall–Kier alpha value is -4.07. The molecule has 0 fully saturated rings. The van der Waals surface area contributed by atoms with Gasteiger partial charge in [0.2, 0.25) is 0 Å². The van der Waals surface area contributed by atoms with Gasteiger partial charge in [-0.3, -0.25) is 10.2 Å². The van der Waals surface area contributed by atoms with Gasteiger partial charge in [-0.25, -0.2) is 0 Å². The smallest absolute Gasteiger partial charge is 0.282 e. The largest absolute Gasteiger partial charge is 0.493 e. The number of amidine groups is 2. The summed E-state index contributed by atoms with van der Waals surface area (Å²) in [7, 11) is 0. The Morgan fingerprint density at radius 3 is 2.56 bits per heavy atom. The first-order valence-electron chi connectivity index (χ1n) is 11.1. The number of rotatable bonds is 9. The van der Waals surface area contributed by atoms with Crippen LogP contribution in [0.1, 0.15) is 31.4 Å². The molecule has 8 heteroatoms. The van der Waals surface area contributed by atoms with E-state index in [-0.39, 0.29) is 11.4 Å². The van der Waals surface area contributed by atoms with Crippen molar-refractivity contribution in [3.63, 3.8) is 0 Å². The van der Waals surface area contributed by atoms with Crippen molar-refractivity contribution in [1.82, 2.24) is 5.06 Å². The lowest BCUT2D eigenvalue weighted by Crippen LogP contribution is -2.38. The van der Waals surface area contributed by atoms with Crippen LogP contribution in [0, 0.1) is 12.3 Å². The molecule has 8 nitrogen and oxygen atoms in total. The zero-order chi connectivity index (χ0) is 24.1. The number of nitrogens with zero attached hydrogens (tertiary/aromatic N) is 2. The van der Waals surface area contributed by atoms with E-state index in [0.717, 1.165) is 5.75 Å². The van der Waals surface area contributed by atoms with E-state index in [1.807, 2.05) is 44.2 Å². The van der Waals surface area contributed by atoms with Gasteiger partial charge in [-0.2, -0.15) is 4.99 Å². The number of benzene rings is 2. The summed E-state index contributed by atoms with van der Waals surface area (Å²) in [6.45, 7) is 7.13. The van der Waals surface area contributed by atoms with E-state index in [2.05, 4.69) is 4.99 Å². The van der Waals surface area contributed by atoms with Crippen molar-refractivity contribution in [3.8, 4) is 17.2 Å². The van der Waals surface area contributed by atoms with Gasteiger partial charge in [0, 0.05) is 12.5 Å². The average Bonchev–Trinajstić information content (AvgIpc) is 3.19. The first-order valence-corrected chi connectivity index (χ1v) is 11.1. The molecule has 2 aromatic rings. The van der Waals surface area contributed by atoms with Gasteiger partial charge >= 0.3 is 0 Å². The number of fused-ring (bicyclic) bond motifs is 1. The highest BCUT2D eigenvalue weighted by Gasteiger charge is 2.34. The fourth-order valence-electron chi connectivity index (χ4n) is 3.43. The lowest BCUT2D eigenvalue weighted by molar-refractivity contribution is -0.114. The van der Waals surface area contributed by atoms with Crippen LogP contribution >= 0.6 is 0 Å². The minimum absolute atomic E-state index is 0.0602. The second kappa shape index (κ2) is 10.2. The number of hydrogen-bond acceptors (Lipinski definition) is 6. The molecule has 176 valence electrons. The van der Waals surface area contributed by atoms with E-state index in [4.69, 9.17) is 24.5 Å². The molecule has 0 spiro atoms. The van der Waals surface area contributed by atoms with Crippen LogP contribution < -0.4 is 14.2 Å². The first-order chi connectivity index (χ1) is 16.4. The third-order valence-corrected chi connectivity index (χ3v) is 5.09. The van der Waals surface area contributed by atoms with Gasteiger partial charge in [0.25, 0.3) is 5.91 Å². The van der Waals surface area contributed by atoms with Crippen LogP contribution in [-0.2, 0) is 9.63 Å². The van der Waals surface area contributed by atoms with E-state index < -0.39 is 5.91 Å². The maximum absolute atomic E-state index is 12.5. The number of carbonyl (C=O) groups excluding carboxylic acids is 1. The van der Waals surface area contributed by atoms with Crippen LogP contribution in [-0.4, -0.2) is 42.5 Å². The van der Waals surface area contributed by atoms with Crippen LogP contribution in [0.3, 0.4) is 0 Å². The molecule has 2 aliphatic heterocycles. The Labute approximate surface area is 198 Å². The standard InChI is InChI=1S/C26H27N3O5/c1-4-31-23-16-19(15-21-25(27)29-24(28-26(21)30)14-18(3)34-29)8-11-22(23)33-13-5-12-32-20-9-6-17(2)7-10-20/h6-11,14-16,27H,4-5,12-13H2,1-3H3/b21-15-,27-25?. The Morgan fingerprint density at radius 2 is 1.79 bits per heavy atom. The van der Waals surface area contributed by atoms with Gasteiger partial charge in [-0.05, 0) is 56.7 Å². The summed E-state index contributed by atoms with van der Waals surface area (Å²) in [5.74, 6) is 2.34. The molecule has 0 aromatic heterocycles. The molecular weight excluding hydrogens is 434 g/mol. The van der Waals surface area contributed by atoms with Crippen LogP contribution in [0.2, 0.25) is 0 Å². The highest BCUT2D eigenvalue weighted by Crippen LogP contribution is 2.31. The highest BCUT2D eigenvalue weighted by atomic mass is 16.7. The second-order valence-corrected chi connectivity index (χ2v) is 7.83. The molecule has 2 aliphatic rings. The van der Waals surface area contributed by atoms with Crippen LogP contribution in [0.25, 0.3) is 6.08 Å². The number of allylic oxidation sites excluding steroid dienone is 1. The monoisotopic (exact) mass is 461 g/mol. The Bertz CT molecular complexity index is 1180. The van der Waals surface area contributed by atoms with Crippen LogP contribution in [0.5, 0.6) is 17.2 Å². The summed E-state index contributed by atoms with van der Waals surface area (Å²) in [5, 5.41) is 9.59. The summed E-state index contributed by atoms with van der Waals surface area (Å²) in [4.78, 5) is 22.0. The van der Waals surface area contributed by atoms with Crippen molar-refractivity contribution in [2.75, 3.05) is 19.8 Å². The van der Waals surface area contributed by atoms with E-state index in [9.17, 15) is 4.79 Å². The highest BCUT2D eigenvalue weighted by molar-refractivity contribution is 6.32. The first kappa shape index (κ1) is 23.1. The number of aliphatic imine (C=N–C) groups is 1. The molecule has 1 N–H and O–H groups in total. The molecule has 1 amide bonds. The lowest BCUT2D eigenvalue weighted by atomic mass is 10.1. The third-order valence-electron chi connectivity index (χ3n) is 5.09. The number of nitrogens with one attached hydrogen (secondary N) is 1. The second-order valence-electron chi connectivity index (χ2n) is 7.83. The predicted molar refractivity (Wildman–Crippen MR) is 129 cm³/mol. The molecule has 0 saturated heterocycles. The van der Waals surface area contributed by atoms with E-state index >= 15 is 0 Å². The van der Waals surface area contributed by atoms with Crippen molar-refractivity contribution in [3.05, 3.63) is 71.0 Å². The van der Waals surface area contributed by atoms with Crippen LogP contribution in [0.15, 0.2) is 64.9 Å². The van der Waals surface area contributed by atoms with E-state index in [1.165, 1.54) is 10.6 Å². The van der Waals surface area contributed by atoms with Crippen molar-refractivity contribution >= 4 is 23.7 Å². The van der Waals surface area contributed by atoms with Crippen LogP contribution in [0.4, 0.5) is 0 Å². The van der Waals surface area contributed by atoms with Gasteiger partial charge in [0.05, 0.1) is 25.4 Å². The summed E-state index contributed by atoms with van der Waals surface area (Å²) < 4.78 is 17.4. The Morgan fingerprint density at radius 1 is 1.03 bits per heavy atom. The van der Waals surface area contributed by atoms with Crippen molar-refractivity contribution in [2.24, 2.45) is 4.99 Å². The summed E-state index contributed by atoms with van der Waals surface area (Å²) in [5.41, 5.74) is 2.02. The number of hydrogen-bond donors (Lipinski definition) is 1. The molecule has 0 radical (unpaired) electrons. The SMILES string of the molecule is CCOc1cc(/C=C2/C(=N)N3OC(C)=CC3=NC2=O)ccc1OCCCOc1ccc(C)cc1. The number of ether oxygens (including phenoxy) is 3. The normalized spacial score (nSPS) is 16.1. The molecule has 2 heterocycles. The van der Waals surface area contributed by atoms with Gasteiger partial charge in [0.15, 0.2) is 23.2 Å². The summed E-state index contributed by atoms with van der Waals surface area (Å²) >= 11 is 0. The molecule has 0 atom stereocenters. The third kappa shape index (κ3) is 5.28. The molecular formula is C26H27N3O5. The fraction of sp³-hybridized carbons (Fsp3) is 0.269. The Kier molecular flexibility index (Phi) is 6.96. The topological polar surface area (TPSA) is 93.4 Å². The molecule has 4 rings (SSSR count). The van der Waals surface area contributed by atoms with Gasteiger partial charge in [-0.15, -0.1) is 5.06 Å². The average molecular weight is 462 g/mol. The molecule has 0 saturated carbocycles. The quantitative estimate of drug-likeness (QED) is 0.430. The number of amides is 1. The summed E-state index contributed by atoms with van der Waals surface area (Å²) in [6, 6.07) is 13.3. The van der Waals surface area contributed by atoms with Gasteiger partial charge < -0.3 is 19.0 Å².